The maximum atomic E-state index is 11.5. The van der Waals surface area contributed by atoms with E-state index in [1.807, 2.05) is 36.4 Å². The van der Waals surface area contributed by atoms with Gasteiger partial charge in [0.2, 0.25) is 0 Å². The van der Waals surface area contributed by atoms with Crippen molar-refractivity contribution in [2.24, 2.45) is 5.73 Å². The van der Waals surface area contributed by atoms with E-state index in [4.69, 9.17) is 15.5 Å². The van der Waals surface area contributed by atoms with Gasteiger partial charge in [-0.25, -0.2) is 9.78 Å². The quantitative estimate of drug-likeness (QED) is 0.364. The van der Waals surface area contributed by atoms with E-state index in [-0.39, 0.29) is 5.60 Å². The molecule has 2 aromatic rings. The number of primary amides is 1. The molecule has 0 spiro atoms. The normalized spacial score (nSPS) is 16.4. The van der Waals surface area contributed by atoms with E-state index >= 15 is 0 Å². The number of carbonyl (C=O) groups excluding carboxylic acids is 1. The van der Waals surface area contributed by atoms with Gasteiger partial charge in [-0.15, -0.1) is 0 Å². The average molecular weight is 398 g/mol. The van der Waals surface area contributed by atoms with Crippen molar-refractivity contribution in [1.82, 2.24) is 4.90 Å². The van der Waals surface area contributed by atoms with Gasteiger partial charge in [0.05, 0.1) is 12.2 Å². The fourth-order valence-electron chi connectivity index (χ4n) is 3.74. The second kappa shape index (κ2) is 10.4. The summed E-state index contributed by atoms with van der Waals surface area (Å²) in [5.74, 6) is -0.414. The van der Waals surface area contributed by atoms with E-state index in [1.165, 1.54) is 5.56 Å². The number of nitrogens with two attached hydrogens (primary N) is 1. The third-order valence-corrected chi connectivity index (χ3v) is 5.41. The molecular formula is C23H31N3O3. The Bertz CT molecular complexity index is 774. The van der Waals surface area contributed by atoms with Gasteiger partial charge in [0, 0.05) is 31.9 Å². The van der Waals surface area contributed by atoms with Gasteiger partial charge >= 0.3 is 0 Å². The summed E-state index contributed by atoms with van der Waals surface area (Å²) in [6.07, 6.45) is 2.67. The number of nitrogens with zero attached hydrogens (tertiary/aromatic N) is 1. The number of likely N-dealkylation sites (tertiary alicyclic amines) is 1. The molecule has 3 rings (SSSR count). The zero-order valence-electron chi connectivity index (χ0n) is 17.1. The standard InChI is InChI=1S/C23H31N3O3/c1-2-18-28-29-23(19-8-4-3-5-9-19)12-15-26(16-13-23)17-14-25-21-11-7-6-10-20(21)22(24)27/h3-11,25H,2,12-18H2,1H3,(H2,24,27). The molecular weight excluding hydrogens is 366 g/mol. The summed E-state index contributed by atoms with van der Waals surface area (Å²) in [6, 6.07) is 17.7. The number of piperidine rings is 1. The Morgan fingerprint density at radius 2 is 1.79 bits per heavy atom. The number of amides is 1. The molecule has 0 unspecified atom stereocenters. The molecule has 6 nitrogen and oxygen atoms in total. The predicted molar refractivity (Wildman–Crippen MR) is 115 cm³/mol. The van der Waals surface area contributed by atoms with Gasteiger partial charge in [-0.2, -0.15) is 0 Å². The number of carbonyl (C=O) groups is 1. The largest absolute Gasteiger partial charge is 0.383 e. The van der Waals surface area contributed by atoms with Crippen LogP contribution in [0.5, 0.6) is 0 Å². The van der Waals surface area contributed by atoms with Crippen LogP contribution in [0.2, 0.25) is 0 Å². The average Bonchev–Trinajstić information content (AvgIpc) is 2.76. The van der Waals surface area contributed by atoms with E-state index in [2.05, 4.69) is 29.3 Å². The Labute approximate surface area is 172 Å². The lowest BCUT2D eigenvalue weighted by Gasteiger charge is -2.40. The van der Waals surface area contributed by atoms with Crippen LogP contribution < -0.4 is 11.1 Å². The molecule has 0 radical (unpaired) electrons. The second-order valence-electron chi connectivity index (χ2n) is 7.44. The zero-order valence-corrected chi connectivity index (χ0v) is 17.1. The van der Waals surface area contributed by atoms with Crippen LogP contribution in [0.3, 0.4) is 0 Å². The summed E-state index contributed by atoms with van der Waals surface area (Å²) in [6.45, 7) is 6.14. The minimum absolute atomic E-state index is 0.390. The maximum absolute atomic E-state index is 11.5. The highest BCUT2D eigenvalue weighted by Gasteiger charge is 2.38. The first kappa shape index (κ1) is 21.3. The molecule has 1 aliphatic rings. The zero-order chi connectivity index (χ0) is 20.5. The van der Waals surface area contributed by atoms with Crippen LogP contribution in [0.25, 0.3) is 0 Å². The van der Waals surface area contributed by atoms with Crippen molar-refractivity contribution in [3.05, 3.63) is 65.7 Å². The fraction of sp³-hybridized carbons (Fsp3) is 0.435. The molecule has 156 valence electrons. The Morgan fingerprint density at radius 1 is 1.10 bits per heavy atom. The smallest absolute Gasteiger partial charge is 0.250 e. The molecule has 0 aliphatic carbocycles. The van der Waals surface area contributed by atoms with Crippen molar-refractivity contribution in [3.63, 3.8) is 0 Å². The molecule has 1 aliphatic heterocycles. The predicted octanol–water partition coefficient (Wildman–Crippen LogP) is 3.55. The summed E-state index contributed by atoms with van der Waals surface area (Å²) >= 11 is 0. The van der Waals surface area contributed by atoms with Crippen molar-refractivity contribution in [2.45, 2.75) is 31.8 Å². The van der Waals surface area contributed by atoms with Crippen molar-refractivity contribution in [2.75, 3.05) is 38.1 Å². The second-order valence-corrected chi connectivity index (χ2v) is 7.44. The topological polar surface area (TPSA) is 76.8 Å². The van der Waals surface area contributed by atoms with E-state index in [0.717, 1.165) is 51.1 Å². The number of hydrogen-bond donors (Lipinski definition) is 2. The molecule has 29 heavy (non-hydrogen) atoms. The summed E-state index contributed by atoms with van der Waals surface area (Å²) in [5, 5.41) is 3.34. The van der Waals surface area contributed by atoms with Crippen molar-refractivity contribution >= 4 is 11.6 Å². The number of nitrogens with one attached hydrogen (secondary N) is 1. The highest BCUT2D eigenvalue weighted by molar-refractivity contribution is 5.98. The molecule has 3 N–H and O–H groups in total. The first-order valence-corrected chi connectivity index (χ1v) is 10.4. The summed E-state index contributed by atoms with van der Waals surface area (Å²) < 4.78 is 0. The SMILES string of the molecule is CCCOOC1(c2ccccc2)CCN(CCNc2ccccc2C(N)=O)CC1. The monoisotopic (exact) mass is 397 g/mol. The number of benzene rings is 2. The molecule has 1 saturated heterocycles. The third kappa shape index (κ3) is 5.56. The van der Waals surface area contributed by atoms with Gasteiger partial charge in [-0.05, 0) is 37.0 Å². The summed E-state index contributed by atoms with van der Waals surface area (Å²) in [4.78, 5) is 25.4. The van der Waals surface area contributed by atoms with Crippen LogP contribution in [0.15, 0.2) is 54.6 Å². The Balaban J connectivity index is 1.55. The first-order valence-electron chi connectivity index (χ1n) is 10.4. The highest BCUT2D eigenvalue weighted by atomic mass is 17.2. The summed E-state index contributed by atoms with van der Waals surface area (Å²) in [7, 11) is 0. The Kier molecular flexibility index (Phi) is 7.63. The number of rotatable bonds is 10. The number of anilines is 1. The molecule has 1 heterocycles. The van der Waals surface area contributed by atoms with Gasteiger partial charge in [0.25, 0.3) is 5.91 Å². The third-order valence-electron chi connectivity index (χ3n) is 5.41. The van der Waals surface area contributed by atoms with Crippen molar-refractivity contribution in [3.8, 4) is 0 Å². The lowest BCUT2D eigenvalue weighted by molar-refractivity contribution is -0.374. The van der Waals surface area contributed by atoms with Crippen LogP contribution >= 0.6 is 0 Å². The molecule has 0 atom stereocenters. The van der Waals surface area contributed by atoms with Crippen LogP contribution in [0.4, 0.5) is 5.69 Å². The van der Waals surface area contributed by atoms with Crippen molar-refractivity contribution < 1.29 is 14.6 Å². The lowest BCUT2D eigenvalue weighted by atomic mass is 9.84. The minimum atomic E-state index is -0.414. The van der Waals surface area contributed by atoms with E-state index in [1.54, 1.807) is 6.07 Å². The Hall–Kier alpha value is -2.41. The molecule has 0 saturated carbocycles. The maximum Gasteiger partial charge on any atom is 0.250 e. The molecule has 0 aromatic heterocycles. The lowest BCUT2D eigenvalue weighted by Crippen LogP contribution is -2.45. The molecule has 0 bridgehead atoms. The van der Waals surface area contributed by atoms with Crippen molar-refractivity contribution in [1.29, 1.82) is 0 Å². The van der Waals surface area contributed by atoms with E-state index in [9.17, 15) is 4.79 Å². The van der Waals surface area contributed by atoms with Gasteiger partial charge in [0.15, 0.2) is 0 Å². The van der Waals surface area contributed by atoms with Gasteiger partial charge in [-0.3, -0.25) is 4.79 Å². The molecule has 2 aromatic carbocycles. The van der Waals surface area contributed by atoms with Gasteiger partial charge in [0.1, 0.15) is 5.60 Å². The highest BCUT2D eigenvalue weighted by Crippen LogP contribution is 2.37. The fourth-order valence-corrected chi connectivity index (χ4v) is 3.74. The minimum Gasteiger partial charge on any atom is -0.383 e. The van der Waals surface area contributed by atoms with Crippen LogP contribution in [0.1, 0.15) is 42.1 Å². The van der Waals surface area contributed by atoms with Gasteiger partial charge in [-0.1, -0.05) is 49.4 Å². The summed E-state index contributed by atoms with van der Waals surface area (Å²) in [5.41, 5.74) is 7.54. The van der Waals surface area contributed by atoms with Crippen LogP contribution in [-0.4, -0.2) is 43.6 Å². The van der Waals surface area contributed by atoms with Crippen LogP contribution in [-0.2, 0) is 15.4 Å². The van der Waals surface area contributed by atoms with E-state index < -0.39 is 5.91 Å². The van der Waals surface area contributed by atoms with E-state index in [0.29, 0.717) is 12.2 Å². The molecule has 1 amide bonds. The van der Waals surface area contributed by atoms with Gasteiger partial charge < -0.3 is 16.0 Å². The van der Waals surface area contributed by atoms with Crippen LogP contribution in [0, 0.1) is 0 Å². The number of hydrogen-bond acceptors (Lipinski definition) is 5. The number of para-hydroxylation sites is 1. The molecule has 6 heteroatoms. The first-order chi connectivity index (χ1) is 14.1. The Morgan fingerprint density at radius 3 is 2.48 bits per heavy atom. The molecule has 1 fully saturated rings.